The van der Waals surface area contributed by atoms with Crippen LogP contribution in [0, 0.1) is 5.41 Å². The number of hydrogen-bond acceptors (Lipinski definition) is 1. The predicted molar refractivity (Wildman–Crippen MR) is 49.4 cm³/mol. The quantitative estimate of drug-likeness (QED) is 0.618. The molecular formula is C9H15ClF2O. The first kappa shape index (κ1) is 12.8. The lowest BCUT2D eigenvalue weighted by Gasteiger charge is -2.28. The van der Waals surface area contributed by atoms with Crippen LogP contribution in [0.2, 0.25) is 0 Å². The number of ketones is 1. The van der Waals surface area contributed by atoms with Crippen LogP contribution in [0.5, 0.6) is 0 Å². The standard InChI is InChI=1S/C9H15ClF2O/c1-3-9(7(2)13,8(11)12)5-4-6-10/h8H,3-6H2,1-2H3. The molecule has 0 fully saturated rings. The van der Waals surface area contributed by atoms with Crippen molar-refractivity contribution in [1.29, 1.82) is 0 Å². The van der Waals surface area contributed by atoms with Crippen molar-refractivity contribution in [3.63, 3.8) is 0 Å². The average Bonchev–Trinajstić information content (AvgIpc) is 2.05. The molecule has 0 aliphatic rings. The second-order valence-electron chi connectivity index (χ2n) is 3.16. The molecule has 0 aromatic heterocycles. The van der Waals surface area contributed by atoms with Crippen LogP contribution >= 0.6 is 11.6 Å². The zero-order chi connectivity index (χ0) is 10.5. The number of alkyl halides is 3. The summed E-state index contributed by atoms with van der Waals surface area (Å²) in [6.07, 6.45) is -1.77. The normalized spacial score (nSPS) is 15.8. The van der Waals surface area contributed by atoms with Gasteiger partial charge in [-0.15, -0.1) is 11.6 Å². The van der Waals surface area contributed by atoms with Gasteiger partial charge in [-0.25, -0.2) is 8.78 Å². The van der Waals surface area contributed by atoms with E-state index in [0.717, 1.165) is 0 Å². The van der Waals surface area contributed by atoms with Crippen molar-refractivity contribution >= 4 is 17.4 Å². The molecule has 0 spiro atoms. The van der Waals surface area contributed by atoms with Crippen molar-refractivity contribution in [2.24, 2.45) is 5.41 Å². The Balaban J connectivity index is 4.55. The summed E-state index contributed by atoms with van der Waals surface area (Å²) in [5, 5.41) is 0. The van der Waals surface area contributed by atoms with E-state index < -0.39 is 17.6 Å². The summed E-state index contributed by atoms with van der Waals surface area (Å²) in [6.45, 7) is 2.84. The van der Waals surface area contributed by atoms with E-state index in [4.69, 9.17) is 11.6 Å². The Labute approximate surface area is 82.5 Å². The van der Waals surface area contributed by atoms with Gasteiger partial charge in [-0.05, 0) is 26.2 Å². The molecule has 0 rings (SSSR count). The van der Waals surface area contributed by atoms with Gasteiger partial charge in [0.1, 0.15) is 5.78 Å². The summed E-state index contributed by atoms with van der Waals surface area (Å²) < 4.78 is 25.3. The Morgan fingerprint density at radius 1 is 1.54 bits per heavy atom. The maximum absolute atomic E-state index is 12.7. The Morgan fingerprint density at radius 2 is 2.08 bits per heavy atom. The molecule has 78 valence electrons. The van der Waals surface area contributed by atoms with Gasteiger partial charge in [0.05, 0.1) is 5.41 Å². The third-order valence-corrected chi connectivity index (χ3v) is 2.77. The van der Waals surface area contributed by atoms with Crippen molar-refractivity contribution in [3.8, 4) is 0 Å². The highest BCUT2D eigenvalue weighted by molar-refractivity contribution is 6.17. The molecule has 0 saturated carbocycles. The monoisotopic (exact) mass is 212 g/mol. The summed E-state index contributed by atoms with van der Waals surface area (Å²) in [6, 6.07) is 0. The van der Waals surface area contributed by atoms with Crippen LogP contribution < -0.4 is 0 Å². The molecule has 4 heteroatoms. The highest BCUT2D eigenvalue weighted by Gasteiger charge is 2.42. The Kier molecular flexibility index (Phi) is 5.45. The fraction of sp³-hybridized carbons (Fsp3) is 0.889. The lowest BCUT2D eigenvalue weighted by Crippen LogP contribution is -2.36. The number of halogens is 3. The minimum absolute atomic E-state index is 0.177. The number of rotatable bonds is 6. The third kappa shape index (κ3) is 2.90. The Morgan fingerprint density at radius 3 is 2.31 bits per heavy atom. The molecule has 1 nitrogen and oxygen atoms in total. The first-order chi connectivity index (χ1) is 6.01. The fourth-order valence-electron chi connectivity index (χ4n) is 1.40. The van der Waals surface area contributed by atoms with Crippen LogP contribution in [-0.2, 0) is 4.79 Å². The van der Waals surface area contributed by atoms with Crippen LogP contribution in [-0.4, -0.2) is 18.1 Å². The van der Waals surface area contributed by atoms with Gasteiger partial charge in [0.15, 0.2) is 0 Å². The maximum Gasteiger partial charge on any atom is 0.251 e. The highest BCUT2D eigenvalue weighted by Crippen LogP contribution is 2.36. The maximum atomic E-state index is 12.7. The third-order valence-electron chi connectivity index (χ3n) is 2.51. The summed E-state index contributed by atoms with van der Waals surface area (Å²) in [7, 11) is 0. The van der Waals surface area contributed by atoms with Gasteiger partial charge in [-0.2, -0.15) is 0 Å². The predicted octanol–water partition coefficient (Wildman–Crippen LogP) is 3.26. The SMILES string of the molecule is CCC(CCCCl)(C(C)=O)C(F)F. The molecule has 0 aromatic carbocycles. The zero-order valence-corrected chi connectivity index (χ0v) is 8.70. The van der Waals surface area contributed by atoms with Crippen molar-refractivity contribution in [3.05, 3.63) is 0 Å². The molecule has 0 amide bonds. The van der Waals surface area contributed by atoms with E-state index >= 15 is 0 Å². The number of hydrogen-bond donors (Lipinski definition) is 0. The number of Topliss-reactive ketones (excluding diaryl/α,β-unsaturated/α-hetero) is 1. The van der Waals surface area contributed by atoms with Gasteiger partial charge in [0.25, 0.3) is 6.43 Å². The van der Waals surface area contributed by atoms with E-state index in [1.807, 2.05) is 0 Å². The summed E-state index contributed by atoms with van der Waals surface area (Å²) >= 11 is 5.42. The lowest BCUT2D eigenvalue weighted by molar-refractivity contribution is -0.137. The zero-order valence-electron chi connectivity index (χ0n) is 7.95. The highest BCUT2D eigenvalue weighted by atomic mass is 35.5. The van der Waals surface area contributed by atoms with E-state index in [1.54, 1.807) is 6.92 Å². The van der Waals surface area contributed by atoms with Gasteiger partial charge in [0.2, 0.25) is 0 Å². The van der Waals surface area contributed by atoms with Crippen LogP contribution in [0.15, 0.2) is 0 Å². The molecule has 0 heterocycles. The van der Waals surface area contributed by atoms with Gasteiger partial charge >= 0.3 is 0 Å². The second-order valence-corrected chi connectivity index (χ2v) is 3.54. The van der Waals surface area contributed by atoms with E-state index in [1.165, 1.54) is 6.92 Å². The van der Waals surface area contributed by atoms with Crippen LogP contribution in [0.4, 0.5) is 8.78 Å². The molecule has 13 heavy (non-hydrogen) atoms. The molecule has 0 aliphatic carbocycles. The number of carbonyl (C=O) groups excluding carboxylic acids is 1. The molecule has 0 saturated heterocycles. The van der Waals surface area contributed by atoms with E-state index in [9.17, 15) is 13.6 Å². The van der Waals surface area contributed by atoms with Crippen molar-refractivity contribution in [2.45, 2.75) is 39.5 Å². The molecular weight excluding hydrogens is 198 g/mol. The van der Waals surface area contributed by atoms with Crippen molar-refractivity contribution in [1.82, 2.24) is 0 Å². The van der Waals surface area contributed by atoms with Gasteiger partial charge in [-0.3, -0.25) is 4.79 Å². The minimum Gasteiger partial charge on any atom is -0.299 e. The molecule has 0 aliphatic heterocycles. The lowest BCUT2D eigenvalue weighted by atomic mass is 9.78. The van der Waals surface area contributed by atoms with Crippen LogP contribution in [0.25, 0.3) is 0 Å². The molecule has 1 atom stereocenters. The Hall–Kier alpha value is -0.180. The van der Waals surface area contributed by atoms with Crippen LogP contribution in [0.3, 0.4) is 0 Å². The summed E-state index contributed by atoms with van der Waals surface area (Å²) in [5.41, 5.74) is -1.46. The number of carbonyl (C=O) groups is 1. The topological polar surface area (TPSA) is 17.1 Å². The van der Waals surface area contributed by atoms with Crippen molar-refractivity contribution < 1.29 is 13.6 Å². The first-order valence-corrected chi connectivity index (χ1v) is 4.90. The Bertz CT molecular complexity index is 173. The van der Waals surface area contributed by atoms with E-state index in [0.29, 0.717) is 12.3 Å². The van der Waals surface area contributed by atoms with Gasteiger partial charge in [0, 0.05) is 5.88 Å². The fourth-order valence-corrected chi connectivity index (χ4v) is 1.53. The largest absolute Gasteiger partial charge is 0.299 e. The second kappa shape index (κ2) is 5.53. The first-order valence-electron chi connectivity index (χ1n) is 4.36. The average molecular weight is 213 g/mol. The molecule has 0 aromatic rings. The summed E-state index contributed by atoms with van der Waals surface area (Å²) in [5.74, 6) is -0.114. The van der Waals surface area contributed by atoms with E-state index in [2.05, 4.69) is 0 Å². The molecule has 0 N–H and O–H groups in total. The van der Waals surface area contributed by atoms with E-state index in [-0.39, 0.29) is 12.8 Å². The smallest absolute Gasteiger partial charge is 0.251 e. The minimum atomic E-state index is -2.58. The molecule has 0 radical (unpaired) electrons. The van der Waals surface area contributed by atoms with Gasteiger partial charge < -0.3 is 0 Å². The summed E-state index contributed by atoms with van der Waals surface area (Å²) in [4.78, 5) is 11.1. The van der Waals surface area contributed by atoms with Gasteiger partial charge in [-0.1, -0.05) is 6.92 Å². The molecule has 0 bridgehead atoms. The molecule has 1 unspecified atom stereocenters. The van der Waals surface area contributed by atoms with Crippen molar-refractivity contribution in [2.75, 3.05) is 5.88 Å². The van der Waals surface area contributed by atoms with Crippen LogP contribution in [0.1, 0.15) is 33.1 Å².